The quantitative estimate of drug-likeness (QED) is 0.672. The van der Waals surface area contributed by atoms with E-state index in [1.54, 1.807) is 31.3 Å². The molecule has 1 N–H and O–H groups in total. The van der Waals surface area contributed by atoms with Gasteiger partial charge in [-0.3, -0.25) is 4.79 Å². The molecule has 0 saturated carbocycles. The monoisotopic (exact) mass is 338 g/mol. The molecule has 0 fully saturated rings. The average molecular weight is 339 g/mol. The maximum atomic E-state index is 12.0. The highest BCUT2D eigenvalue weighted by Gasteiger charge is 2.18. The van der Waals surface area contributed by atoms with Crippen molar-refractivity contribution >= 4 is 34.8 Å². The molecule has 2 heterocycles. The Morgan fingerprint density at radius 3 is 2.82 bits per heavy atom. The van der Waals surface area contributed by atoms with Crippen molar-refractivity contribution in [1.29, 1.82) is 0 Å². The van der Waals surface area contributed by atoms with E-state index in [2.05, 4.69) is 10.3 Å². The molecule has 2 rings (SSSR count). The summed E-state index contributed by atoms with van der Waals surface area (Å²) in [5.41, 5.74) is 1.58. The molecule has 0 saturated heterocycles. The lowest BCUT2D eigenvalue weighted by Gasteiger charge is -2.09. The first-order valence-electron chi connectivity index (χ1n) is 6.57. The number of nitrogens with one attached hydrogen (secondary N) is 1. The molecule has 5 nitrogen and oxygen atoms in total. The lowest BCUT2D eigenvalue weighted by molar-refractivity contribution is -0.124. The van der Waals surface area contributed by atoms with E-state index in [0.717, 1.165) is 4.88 Å². The number of hydrogen-bond donors (Lipinski definition) is 1. The minimum absolute atomic E-state index is 0.0847. The van der Waals surface area contributed by atoms with Crippen LogP contribution in [0.4, 0.5) is 0 Å². The van der Waals surface area contributed by atoms with Gasteiger partial charge in [-0.2, -0.15) is 0 Å². The Bertz CT molecular complexity index is 663. The van der Waals surface area contributed by atoms with E-state index in [1.807, 2.05) is 17.5 Å². The van der Waals surface area contributed by atoms with Crippen LogP contribution in [-0.2, 0) is 16.1 Å². The van der Waals surface area contributed by atoms with Crippen LogP contribution in [0.15, 0.2) is 23.6 Å². The molecule has 0 bridgehead atoms. The van der Waals surface area contributed by atoms with E-state index in [1.165, 1.54) is 0 Å². The second-order valence-corrected chi connectivity index (χ2v) is 6.07. The van der Waals surface area contributed by atoms with Crippen LogP contribution in [0.5, 0.6) is 0 Å². The first-order valence-corrected chi connectivity index (χ1v) is 7.83. The van der Waals surface area contributed by atoms with Gasteiger partial charge in [0.15, 0.2) is 6.61 Å². The van der Waals surface area contributed by atoms with Gasteiger partial charge in [-0.05, 0) is 36.9 Å². The van der Waals surface area contributed by atoms with Crippen molar-refractivity contribution in [2.75, 3.05) is 6.61 Å². The molecular formula is C15H15ClN2O3S. The normalized spacial score (nSPS) is 10.3. The molecule has 0 aromatic carbocycles. The molecule has 1 amide bonds. The van der Waals surface area contributed by atoms with Gasteiger partial charge >= 0.3 is 5.97 Å². The van der Waals surface area contributed by atoms with Crippen LogP contribution >= 0.6 is 22.9 Å². The minimum Gasteiger partial charge on any atom is -0.452 e. The maximum Gasteiger partial charge on any atom is 0.342 e. The molecule has 0 aliphatic rings. The van der Waals surface area contributed by atoms with Crippen molar-refractivity contribution in [3.05, 3.63) is 50.4 Å². The van der Waals surface area contributed by atoms with Crippen molar-refractivity contribution in [1.82, 2.24) is 10.3 Å². The van der Waals surface area contributed by atoms with Crippen LogP contribution in [0, 0.1) is 13.8 Å². The third-order valence-corrected chi connectivity index (χ3v) is 4.03. The smallest absolute Gasteiger partial charge is 0.342 e. The van der Waals surface area contributed by atoms with Crippen LogP contribution in [0.1, 0.15) is 26.5 Å². The number of carbonyl (C=O) groups excluding carboxylic acids is 2. The van der Waals surface area contributed by atoms with Gasteiger partial charge in [0.25, 0.3) is 5.91 Å². The van der Waals surface area contributed by atoms with Gasteiger partial charge in [-0.15, -0.1) is 11.3 Å². The lowest BCUT2D eigenvalue weighted by atomic mass is 10.1. The highest BCUT2D eigenvalue weighted by molar-refractivity contribution is 7.09. The van der Waals surface area contributed by atoms with Gasteiger partial charge in [-0.1, -0.05) is 17.7 Å². The van der Waals surface area contributed by atoms with Crippen LogP contribution in [0.2, 0.25) is 5.15 Å². The van der Waals surface area contributed by atoms with Crippen LogP contribution in [0.3, 0.4) is 0 Å². The number of halogens is 1. The van der Waals surface area contributed by atoms with Crippen molar-refractivity contribution in [2.24, 2.45) is 0 Å². The Balaban J connectivity index is 1.88. The Hall–Kier alpha value is -1.92. The molecule has 0 radical (unpaired) electrons. The fraction of sp³-hybridized carbons (Fsp3) is 0.267. The van der Waals surface area contributed by atoms with E-state index in [9.17, 15) is 9.59 Å². The molecule has 7 heteroatoms. The van der Waals surface area contributed by atoms with Crippen molar-refractivity contribution in [3.63, 3.8) is 0 Å². The Kier molecular flexibility index (Phi) is 5.51. The fourth-order valence-electron chi connectivity index (χ4n) is 1.89. The molecule has 116 valence electrons. The van der Waals surface area contributed by atoms with E-state index in [4.69, 9.17) is 16.3 Å². The summed E-state index contributed by atoms with van der Waals surface area (Å²) in [4.78, 5) is 28.7. The first-order chi connectivity index (χ1) is 10.5. The number of aromatic nitrogens is 1. The third kappa shape index (κ3) is 4.29. The van der Waals surface area contributed by atoms with E-state index in [0.29, 0.717) is 17.8 Å². The fourth-order valence-corrected chi connectivity index (χ4v) is 2.89. The predicted molar refractivity (Wildman–Crippen MR) is 85.2 cm³/mol. The second-order valence-electron chi connectivity index (χ2n) is 4.68. The van der Waals surface area contributed by atoms with Gasteiger partial charge in [0.1, 0.15) is 5.15 Å². The Morgan fingerprint density at radius 1 is 1.41 bits per heavy atom. The maximum absolute atomic E-state index is 12.0. The largest absolute Gasteiger partial charge is 0.452 e. The summed E-state index contributed by atoms with van der Waals surface area (Å²) in [6, 6.07) is 5.55. The van der Waals surface area contributed by atoms with Gasteiger partial charge in [0, 0.05) is 10.6 Å². The summed E-state index contributed by atoms with van der Waals surface area (Å²) in [5, 5.41) is 4.69. The first kappa shape index (κ1) is 16.5. The lowest BCUT2D eigenvalue weighted by Crippen LogP contribution is -2.28. The van der Waals surface area contributed by atoms with Gasteiger partial charge < -0.3 is 10.1 Å². The summed E-state index contributed by atoms with van der Waals surface area (Å²) >= 11 is 7.51. The molecule has 0 aliphatic carbocycles. The number of ether oxygens (including phenoxy) is 1. The number of nitrogens with zero attached hydrogens (tertiary/aromatic N) is 1. The summed E-state index contributed by atoms with van der Waals surface area (Å²) < 4.78 is 4.99. The number of rotatable bonds is 5. The summed E-state index contributed by atoms with van der Waals surface area (Å²) in [5.74, 6) is -1.02. The summed E-state index contributed by atoms with van der Waals surface area (Å²) in [6.07, 6.45) is 0. The van der Waals surface area contributed by atoms with Crippen molar-refractivity contribution < 1.29 is 14.3 Å². The highest BCUT2D eigenvalue weighted by Crippen LogP contribution is 2.19. The van der Waals surface area contributed by atoms with Crippen molar-refractivity contribution in [2.45, 2.75) is 20.4 Å². The number of pyridine rings is 1. The van der Waals surface area contributed by atoms with Crippen LogP contribution in [0.25, 0.3) is 0 Å². The van der Waals surface area contributed by atoms with Crippen molar-refractivity contribution in [3.8, 4) is 0 Å². The number of hydrogen-bond acceptors (Lipinski definition) is 5. The van der Waals surface area contributed by atoms with Gasteiger partial charge in [0.2, 0.25) is 0 Å². The SMILES string of the molecule is Cc1cc(C)c(C(=O)OCC(=O)NCc2cccs2)c(Cl)n1. The van der Waals surface area contributed by atoms with E-state index in [-0.39, 0.29) is 23.2 Å². The Labute approximate surface area is 137 Å². The van der Waals surface area contributed by atoms with E-state index < -0.39 is 5.97 Å². The number of aryl methyl sites for hydroxylation is 2. The average Bonchev–Trinajstić information content (AvgIpc) is 2.95. The van der Waals surface area contributed by atoms with E-state index >= 15 is 0 Å². The highest BCUT2D eigenvalue weighted by atomic mass is 35.5. The zero-order chi connectivity index (χ0) is 16.1. The van der Waals surface area contributed by atoms with Crippen LogP contribution < -0.4 is 5.32 Å². The third-order valence-electron chi connectivity index (χ3n) is 2.88. The zero-order valence-electron chi connectivity index (χ0n) is 12.2. The molecule has 0 atom stereocenters. The van der Waals surface area contributed by atoms with Gasteiger partial charge in [0.05, 0.1) is 12.1 Å². The number of esters is 1. The summed E-state index contributed by atoms with van der Waals surface area (Å²) in [7, 11) is 0. The molecule has 0 spiro atoms. The van der Waals surface area contributed by atoms with Crippen LogP contribution in [-0.4, -0.2) is 23.5 Å². The molecule has 2 aromatic rings. The summed E-state index contributed by atoms with van der Waals surface area (Å²) in [6.45, 7) is 3.59. The number of carbonyl (C=O) groups is 2. The molecule has 22 heavy (non-hydrogen) atoms. The molecule has 2 aromatic heterocycles. The van der Waals surface area contributed by atoms with Gasteiger partial charge in [-0.25, -0.2) is 9.78 Å². The molecular weight excluding hydrogens is 324 g/mol. The second kappa shape index (κ2) is 7.38. The minimum atomic E-state index is -0.652. The molecule has 0 aliphatic heterocycles. The number of amides is 1. The Morgan fingerprint density at radius 2 is 2.18 bits per heavy atom. The number of thiophene rings is 1. The molecule has 0 unspecified atom stereocenters. The topological polar surface area (TPSA) is 68.3 Å². The predicted octanol–water partition coefficient (Wildman–Crippen LogP) is 2.89. The standard InChI is InChI=1S/C15H15ClN2O3S/c1-9-6-10(2)18-14(16)13(9)15(20)21-8-12(19)17-7-11-4-3-5-22-11/h3-6H,7-8H2,1-2H3,(H,17,19). The zero-order valence-corrected chi connectivity index (χ0v) is 13.8.